The summed E-state index contributed by atoms with van der Waals surface area (Å²) < 4.78 is 12.8. The number of carbonyl (C=O) groups excluding carboxylic acids is 2. The second-order valence-corrected chi connectivity index (χ2v) is 3.08. The van der Waals surface area contributed by atoms with Gasteiger partial charge in [0.25, 0.3) is 0 Å². The van der Waals surface area contributed by atoms with Crippen LogP contribution in [-0.4, -0.2) is 17.7 Å². The Hall–Kier alpha value is -0.730. The monoisotopic (exact) mass is 174 g/mol. The summed E-state index contributed by atoms with van der Waals surface area (Å²) in [6, 6.07) is 0. The summed E-state index contributed by atoms with van der Waals surface area (Å²) in [6.07, 6.45) is 0.0569. The third kappa shape index (κ3) is 7.38. The molecule has 0 rings (SSSR count). The first-order chi connectivity index (χ1) is 5.52. The van der Waals surface area contributed by atoms with Gasteiger partial charge < -0.3 is 9.59 Å². The van der Waals surface area contributed by atoms with Crippen molar-refractivity contribution in [2.24, 2.45) is 0 Å². The van der Waals surface area contributed by atoms with Crippen molar-refractivity contribution in [2.75, 3.05) is 0 Å². The minimum atomic E-state index is -1.00. The molecule has 3 heteroatoms. The fourth-order valence-electron chi connectivity index (χ4n) is 0.864. The van der Waals surface area contributed by atoms with Gasteiger partial charge in [0.2, 0.25) is 0 Å². The van der Waals surface area contributed by atoms with Gasteiger partial charge in [-0.2, -0.15) is 0 Å². The summed E-state index contributed by atoms with van der Waals surface area (Å²) >= 11 is 0. The maximum atomic E-state index is 12.8. The van der Waals surface area contributed by atoms with Crippen molar-refractivity contribution in [3.8, 4) is 0 Å². The van der Waals surface area contributed by atoms with Crippen molar-refractivity contribution in [3.05, 3.63) is 0 Å². The Balaban J connectivity index is 3.39. The highest BCUT2D eigenvalue weighted by atomic mass is 19.1. The third-order valence-corrected chi connectivity index (χ3v) is 1.62. The van der Waals surface area contributed by atoms with E-state index >= 15 is 0 Å². The van der Waals surface area contributed by atoms with E-state index in [0.717, 1.165) is 0 Å². The molecule has 0 bridgehead atoms. The molecule has 0 aromatic rings. The average molecular weight is 174 g/mol. The Kier molecular flexibility index (Phi) is 5.51. The summed E-state index contributed by atoms with van der Waals surface area (Å²) in [6.45, 7) is 2.88. The fraction of sp³-hybridized carbons (Fsp3) is 0.778. The predicted molar refractivity (Wildman–Crippen MR) is 44.7 cm³/mol. The molecule has 0 atom stereocenters. The lowest BCUT2D eigenvalue weighted by molar-refractivity contribution is -0.117. The molecular weight excluding hydrogens is 159 g/mol. The molecule has 0 aliphatic carbocycles. The predicted octanol–water partition coefficient (Wildman–Crippen LogP) is 2.06. The highest BCUT2D eigenvalue weighted by Gasteiger charge is 2.08. The largest absolute Gasteiger partial charge is 0.300 e. The summed E-state index contributed by atoms with van der Waals surface area (Å²) in [5, 5.41) is 0. The first-order valence-corrected chi connectivity index (χ1v) is 4.15. The SMILES string of the molecule is CC(=O)CCC(F)CCC(C)=O. The summed E-state index contributed by atoms with van der Waals surface area (Å²) in [4.78, 5) is 20.9. The van der Waals surface area contributed by atoms with Gasteiger partial charge in [-0.1, -0.05) is 0 Å². The molecule has 0 spiro atoms. The van der Waals surface area contributed by atoms with Gasteiger partial charge in [0, 0.05) is 12.8 Å². The zero-order valence-electron chi connectivity index (χ0n) is 7.60. The molecule has 0 N–H and O–H groups in total. The van der Waals surface area contributed by atoms with E-state index in [1.54, 1.807) is 0 Å². The number of hydrogen-bond donors (Lipinski definition) is 0. The molecule has 0 unspecified atom stereocenters. The van der Waals surface area contributed by atoms with E-state index in [1.165, 1.54) is 13.8 Å². The maximum Gasteiger partial charge on any atom is 0.129 e. The molecule has 0 radical (unpaired) electrons. The number of Topliss-reactive ketones (excluding diaryl/α,β-unsaturated/α-hetero) is 2. The molecule has 0 saturated heterocycles. The van der Waals surface area contributed by atoms with Crippen LogP contribution in [0.2, 0.25) is 0 Å². The highest BCUT2D eigenvalue weighted by molar-refractivity contribution is 5.76. The van der Waals surface area contributed by atoms with E-state index in [9.17, 15) is 14.0 Å². The van der Waals surface area contributed by atoms with E-state index in [-0.39, 0.29) is 37.2 Å². The first kappa shape index (κ1) is 11.3. The average Bonchev–Trinajstić information content (AvgIpc) is 1.96. The number of carbonyl (C=O) groups is 2. The van der Waals surface area contributed by atoms with Gasteiger partial charge in [-0.25, -0.2) is 4.39 Å². The van der Waals surface area contributed by atoms with Gasteiger partial charge in [-0.15, -0.1) is 0 Å². The van der Waals surface area contributed by atoms with Gasteiger partial charge in [-0.3, -0.25) is 0 Å². The number of alkyl halides is 1. The van der Waals surface area contributed by atoms with Crippen LogP contribution in [-0.2, 0) is 9.59 Å². The Labute approximate surface area is 72.1 Å². The van der Waals surface area contributed by atoms with Crippen LogP contribution < -0.4 is 0 Å². The number of rotatable bonds is 6. The summed E-state index contributed by atoms with van der Waals surface area (Å²) in [7, 11) is 0. The molecule has 0 aliphatic heterocycles. The topological polar surface area (TPSA) is 34.1 Å². The highest BCUT2D eigenvalue weighted by Crippen LogP contribution is 2.09. The van der Waals surface area contributed by atoms with Gasteiger partial charge >= 0.3 is 0 Å². The molecule has 0 amide bonds. The minimum Gasteiger partial charge on any atom is -0.300 e. The van der Waals surface area contributed by atoms with Crippen molar-refractivity contribution >= 4 is 11.6 Å². The molecule has 0 aromatic heterocycles. The Morgan fingerprint density at radius 2 is 1.42 bits per heavy atom. The third-order valence-electron chi connectivity index (χ3n) is 1.62. The van der Waals surface area contributed by atoms with Gasteiger partial charge in [0.1, 0.15) is 17.7 Å². The van der Waals surface area contributed by atoms with Crippen LogP contribution in [0.1, 0.15) is 39.5 Å². The maximum absolute atomic E-state index is 12.8. The molecular formula is C9H15FO2. The van der Waals surface area contributed by atoms with Crippen LogP contribution in [0.15, 0.2) is 0 Å². The quantitative estimate of drug-likeness (QED) is 0.617. The van der Waals surface area contributed by atoms with Crippen molar-refractivity contribution in [1.29, 1.82) is 0 Å². The second kappa shape index (κ2) is 5.86. The van der Waals surface area contributed by atoms with Crippen LogP contribution in [0.25, 0.3) is 0 Å². The Bertz CT molecular complexity index is 148. The molecule has 0 fully saturated rings. The summed E-state index contributed by atoms with van der Waals surface area (Å²) in [5.74, 6) is 0.000880. The van der Waals surface area contributed by atoms with Crippen molar-refractivity contribution < 1.29 is 14.0 Å². The van der Waals surface area contributed by atoms with E-state index < -0.39 is 6.17 Å². The molecule has 12 heavy (non-hydrogen) atoms. The Morgan fingerprint density at radius 3 is 1.67 bits per heavy atom. The fourth-order valence-corrected chi connectivity index (χ4v) is 0.864. The number of halogens is 1. The minimum absolute atomic E-state index is 0.000440. The normalized spacial score (nSPS) is 10.3. The van der Waals surface area contributed by atoms with Crippen LogP contribution in [0.4, 0.5) is 4.39 Å². The van der Waals surface area contributed by atoms with E-state index in [2.05, 4.69) is 0 Å². The van der Waals surface area contributed by atoms with Gasteiger partial charge in [0.05, 0.1) is 0 Å². The summed E-state index contributed by atoms with van der Waals surface area (Å²) in [5.41, 5.74) is 0. The zero-order valence-corrected chi connectivity index (χ0v) is 7.60. The number of hydrogen-bond acceptors (Lipinski definition) is 2. The van der Waals surface area contributed by atoms with Crippen LogP contribution >= 0.6 is 0 Å². The van der Waals surface area contributed by atoms with Crippen molar-refractivity contribution in [2.45, 2.75) is 45.7 Å². The standard InChI is InChI=1S/C9H15FO2/c1-7(11)3-5-9(10)6-4-8(2)12/h9H,3-6H2,1-2H3. The van der Waals surface area contributed by atoms with Crippen LogP contribution in [0.5, 0.6) is 0 Å². The lowest BCUT2D eigenvalue weighted by Crippen LogP contribution is -2.05. The first-order valence-electron chi connectivity index (χ1n) is 4.15. The van der Waals surface area contributed by atoms with E-state index in [1.807, 2.05) is 0 Å². The molecule has 0 aromatic carbocycles. The van der Waals surface area contributed by atoms with Crippen molar-refractivity contribution in [3.63, 3.8) is 0 Å². The molecule has 0 saturated carbocycles. The second-order valence-electron chi connectivity index (χ2n) is 3.08. The van der Waals surface area contributed by atoms with E-state index in [0.29, 0.717) is 0 Å². The smallest absolute Gasteiger partial charge is 0.129 e. The zero-order chi connectivity index (χ0) is 9.56. The molecule has 2 nitrogen and oxygen atoms in total. The van der Waals surface area contributed by atoms with Gasteiger partial charge in [-0.05, 0) is 26.7 Å². The van der Waals surface area contributed by atoms with E-state index in [4.69, 9.17) is 0 Å². The number of ketones is 2. The molecule has 0 heterocycles. The lowest BCUT2D eigenvalue weighted by atomic mass is 10.1. The van der Waals surface area contributed by atoms with Gasteiger partial charge in [0.15, 0.2) is 0 Å². The van der Waals surface area contributed by atoms with Crippen LogP contribution in [0, 0.1) is 0 Å². The van der Waals surface area contributed by atoms with Crippen LogP contribution in [0.3, 0.4) is 0 Å². The van der Waals surface area contributed by atoms with Crippen molar-refractivity contribution in [1.82, 2.24) is 0 Å². The Morgan fingerprint density at radius 1 is 1.08 bits per heavy atom. The molecule has 0 aliphatic rings. The lowest BCUT2D eigenvalue weighted by Gasteiger charge is -2.04. The molecule has 70 valence electrons.